The average Bonchev–Trinajstić information content (AvgIpc) is 3.08. The number of ether oxygens (including phenoxy) is 2. The monoisotopic (exact) mass is 259 g/mol. The van der Waals surface area contributed by atoms with Crippen molar-refractivity contribution in [2.24, 2.45) is 0 Å². The van der Waals surface area contributed by atoms with Crippen LogP contribution in [0, 0.1) is 0 Å². The fourth-order valence-corrected chi connectivity index (χ4v) is 1.97. The number of rotatable bonds is 3. The molecule has 1 aromatic heterocycles. The summed E-state index contributed by atoms with van der Waals surface area (Å²) in [6.45, 7) is 0.732. The Balaban J connectivity index is 1.73. The zero-order valence-corrected chi connectivity index (χ0v) is 10.5. The average molecular weight is 259 g/mol. The molecule has 19 heavy (non-hydrogen) atoms. The zero-order chi connectivity index (χ0) is 13.2. The van der Waals surface area contributed by atoms with Crippen molar-refractivity contribution in [1.82, 2.24) is 4.90 Å². The molecule has 0 fully saturated rings. The van der Waals surface area contributed by atoms with Crippen molar-refractivity contribution < 1.29 is 18.7 Å². The van der Waals surface area contributed by atoms with Gasteiger partial charge in [-0.05, 0) is 29.8 Å². The Labute approximate surface area is 110 Å². The predicted molar refractivity (Wildman–Crippen MR) is 67.1 cm³/mol. The second-order valence-electron chi connectivity index (χ2n) is 4.33. The summed E-state index contributed by atoms with van der Waals surface area (Å²) < 4.78 is 15.6. The van der Waals surface area contributed by atoms with E-state index in [4.69, 9.17) is 13.9 Å². The van der Waals surface area contributed by atoms with Crippen LogP contribution in [0.4, 0.5) is 0 Å². The lowest BCUT2D eigenvalue weighted by molar-refractivity contribution is 0.0753. The highest BCUT2D eigenvalue weighted by molar-refractivity contribution is 5.91. The minimum absolute atomic E-state index is 0.150. The van der Waals surface area contributed by atoms with E-state index in [1.807, 2.05) is 18.2 Å². The third kappa shape index (κ3) is 2.27. The summed E-state index contributed by atoms with van der Waals surface area (Å²) in [7, 11) is 1.73. The van der Waals surface area contributed by atoms with E-state index in [-0.39, 0.29) is 12.7 Å². The van der Waals surface area contributed by atoms with Crippen molar-refractivity contribution >= 4 is 5.91 Å². The topological polar surface area (TPSA) is 51.9 Å². The molecule has 0 N–H and O–H groups in total. The van der Waals surface area contributed by atoms with Crippen molar-refractivity contribution in [3.8, 4) is 11.5 Å². The Bertz CT molecular complexity index is 591. The SMILES string of the molecule is CN(Cc1ccc2c(c1)OCO2)C(=O)c1ccco1. The molecule has 0 atom stereocenters. The van der Waals surface area contributed by atoms with Crippen LogP contribution in [0.2, 0.25) is 0 Å². The first-order chi connectivity index (χ1) is 9.24. The van der Waals surface area contributed by atoms with Crippen LogP contribution in [0.1, 0.15) is 16.1 Å². The number of benzene rings is 1. The summed E-state index contributed by atoms with van der Waals surface area (Å²) in [5.74, 6) is 1.64. The maximum Gasteiger partial charge on any atom is 0.289 e. The van der Waals surface area contributed by atoms with Gasteiger partial charge in [-0.2, -0.15) is 0 Å². The van der Waals surface area contributed by atoms with Crippen molar-refractivity contribution in [3.63, 3.8) is 0 Å². The summed E-state index contributed by atoms with van der Waals surface area (Å²) in [4.78, 5) is 13.6. The van der Waals surface area contributed by atoms with E-state index in [1.54, 1.807) is 24.1 Å². The summed E-state index contributed by atoms with van der Waals surface area (Å²) in [5.41, 5.74) is 0.978. The first kappa shape index (κ1) is 11.6. The number of hydrogen-bond acceptors (Lipinski definition) is 4. The molecular formula is C14H13NO4. The zero-order valence-electron chi connectivity index (χ0n) is 10.5. The van der Waals surface area contributed by atoms with Crippen molar-refractivity contribution in [3.05, 3.63) is 47.9 Å². The van der Waals surface area contributed by atoms with Crippen molar-refractivity contribution in [2.45, 2.75) is 6.54 Å². The number of amides is 1. The van der Waals surface area contributed by atoms with Crippen LogP contribution < -0.4 is 9.47 Å². The standard InChI is InChI=1S/C14H13NO4/c1-15(14(16)12-3-2-6-17-12)8-10-4-5-11-13(7-10)19-9-18-11/h2-7H,8-9H2,1H3. The number of carbonyl (C=O) groups is 1. The minimum atomic E-state index is -0.150. The van der Waals surface area contributed by atoms with Gasteiger partial charge in [-0.3, -0.25) is 4.79 Å². The Morgan fingerprint density at radius 2 is 2.11 bits per heavy atom. The lowest BCUT2D eigenvalue weighted by atomic mass is 10.2. The van der Waals surface area contributed by atoms with E-state index in [9.17, 15) is 4.79 Å². The van der Waals surface area contributed by atoms with Crippen molar-refractivity contribution in [2.75, 3.05) is 13.8 Å². The molecule has 2 aromatic rings. The highest BCUT2D eigenvalue weighted by Gasteiger charge is 2.17. The van der Waals surface area contributed by atoms with Crippen LogP contribution in [-0.2, 0) is 6.54 Å². The molecule has 0 radical (unpaired) electrons. The molecule has 1 aromatic carbocycles. The molecule has 5 nitrogen and oxygen atoms in total. The van der Waals surface area contributed by atoms with Gasteiger partial charge in [0.15, 0.2) is 17.3 Å². The van der Waals surface area contributed by atoms with Crippen LogP contribution in [0.15, 0.2) is 41.0 Å². The Morgan fingerprint density at radius 1 is 1.26 bits per heavy atom. The maximum atomic E-state index is 12.0. The molecule has 0 saturated carbocycles. The third-order valence-corrected chi connectivity index (χ3v) is 2.94. The van der Waals surface area contributed by atoms with E-state index in [0.29, 0.717) is 12.3 Å². The van der Waals surface area contributed by atoms with Gasteiger partial charge < -0.3 is 18.8 Å². The number of hydrogen-bond donors (Lipinski definition) is 0. The molecule has 0 unspecified atom stereocenters. The highest BCUT2D eigenvalue weighted by atomic mass is 16.7. The van der Waals surface area contributed by atoms with E-state index >= 15 is 0 Å². The first-order valence-corrected chi connectivity index (χ1v) is 5.91. The first-order valence-electron chi connectivity index (χ1n) is 5.91. The number of carbonyl (C=O) groups excluding carboxylic acids is 1. The molecule has 2 heterocycles. The van der Waals surface area contributed by atoms with Gasteiger partial charge in [0, 0.05) is 13.6 Å². The third-order valence-electron chi connectivity index (χ3n) is 2.94. The lowest BCUT2D eigenvalue weighted by Gasteiger charge is -2.16. The molecule has 0 aliphatic carbocycles. The van der Waals surface area contributed by atoms with Gasteiger partial charge in [-0.15, -0.1) is 0 Å². The molecule has 1 amide bonds. The van der Waals surface area contributed by atoms with Crippen molar-refractivity contribution in [1.29, 1.82) is 0 Å². The summed E-state index contributed by atoms with van der Waals surface area (Å²) >= 11 is 0. The molecule has 0 spiro atoms. The van der Waals surface area contributed by atoms with Gasteiger partial charge in [-0.25, -0.2) is 0 Å². The van der Waals surface area contributed by atoms with Gasteiger partial charge in [0.2, 0.25) is 6.79 Å². The van der Waals surface area contributed by atoms with E-state index in [1.165, 1.54) is 6.26 Å². The predicted octanol–water partition coefficient (Wildman–Crippen LogP) is 2.28. The van der Waals surface area contributed by atoms with Crippen LogP contribution >= 0.6 is 0 Å². The van der Waals surface area contributed by atoms with Crippen LogP contribution in [0.5, 0.6) is 11.5 Å². The second kappa shape index (κ2) is 4.68. The van der Waals surface area contributed by atoms with Crippen LogP contribution in [0.3, 0.4) is 0 Å². The van der Waals surface area contributed by atoms with Gasteiger partial charge in [-0.1, -0.05) is 6.07 Å². The summed E-state index contributed by atoms with van der Waals surface area (Å²) in [5, 5.41) is 0. The Kier molecular flexibility index (Phi) is 2.87. The van der Waals surface area contributed by atoms with Gasteiger partial charge in [0.25, 0.3) is 5.91 Å². The Morgan fingerprint density at radius 3 is 2.89 bits per heavy atom. The quantitative estimate of drug-likeness (QED) is 0.848. The summed E-state index contributed by atoms with van der Waals surface area (Å²) in [6, 6.07) is 9.00. The van der Waals surface area contributed by atoms with E-state index < -0.39 is 0 Å². The molecule has 1 aliphatic rings. The van der Waals surface area contributed by atoms with Crippen LogP contribution in [-0.4, -0.2) is 24.6 Å². The van der Waals surface area contributed by atoms with Gasteiger partial charge in [0.1, 0.15) is 0 Å². The number of fused-ring (bicyclic) bond motifs is 1. The Hall–Kier alpha value is -2.43. The van der Waals surface area contributed by atoms with E-state index in [2.05, 4.69) is 0 Å². The van der Waals surface area contributed by atoms with Gasteiger partial charge >= 0.3 is 0 Å². The molecule has 0 bridgehead atoms. The normalized spacial score (nSPS) is 12.5. The molecular weight excluding hydrogens is 246 g/mol. The molecule has 98 valence electrons. The molecule has 3 rings (SSSR count). The summed E-state index contributed by atoms with van der Waals surface area (Å²) in [6.07, 6.45) is 1.49. The molecule has 1 aliphatic heterocycles. The van der Waals surface area contributed by atoms with Crippen LogP contribution in [0.25, 0.3) is 0 Å². The minimum Gasteiger partial charge on any atom is -0.459 e. The fraction of sp³-hybridized carbons (Fsp3) is 0.214. The fourth-order valence-electron chi connectivity index (χ4n) is 1.97. The van der Waals surface area contributed by atoms with Gasteiger partial charge in [0.05, 0.1) is 6.26 Å². The molecule has 0 saturated heterocycles. The largest absolute Gasteiger partial charge is 0.459 e. The highest BCUT2D eigenvalue weighted by Crippen LogP contribution is 2.32. The second-order valence-corrected chi connectivity index (χ2v) is 4.33. The number of nitrogens with zero attached hydrogens (tertiary/aromatic N) is 1. The lowest BCUT2D eigenvalue weighted by Crippen LogP contribution is -2.25. The molecule has 5 heteroatoms. The smallest absolute Gasteiger partial charge is 0.289 e. The number of furan rings is 1. The maximum absolute atomic E-state index is 12.0. The van der Waals surface area contributed by atoms with E-state index in [0.717, 1.165) is 17.1 Å².